The lowest BCUT2D eigenvalue weighted by molar-refractivity contribution is -0.115. The van der Waals surface area contributed by atoms with Crippen molar-refractivity contribution in [3.63, 3.8) is 0 Å². The van der Waals surface area contributed by atoms with E-state index >= 15 is 0 Å². The minimum absolute atomic E-state index is 0.120. The molecule has 110 valence electrons. The van der Waals surface area contributed by atoms with Crippen LogP contribution >= 0.6 is 0 Å². The Labute approximate surface area is 124 Å². The summed E-state index contributed by atoms with van der Waals surface area (Å²) in [6.45, 7) is 1.18. The van der Waals surface area contributed by atoms with Gasteiger partial charge in [0, 0.05) is 18.9 Å². The molecule has 21 heavy (non-hydrogen) atoms. The number of hydrogen-bond acceptors (Lipinski definition) is 4. The lowest BCUT2D eigenvalue weighted by Gasteiger charge is -2.19. The third-order valence-corrected chi connectivity index (χ3v) is 3.64. The van der Waals surface area contributed by atoms with Crippen molar-refractivity contribution in [2.24, 2.45) is 5.92 Å². The molecule has 0 spiro atoms. The molecule has 0 fully saturated rings. The van der Waals surface area contributed by atoms with Crippen molar-refractivity contribution in [3.8, 4) is 11.5 Å². The molecule has 0 saturated heterocycles. The zero-order chi connectivity index (χ0) is 14.7. The fourth-order valence-electron chi connectivity index (χ4n) is 2.58. The molecule has 1 aromatic carbocycles. The Hall–Kier alpha value is -2.23. The van der Waals surface area contributed by atoms with Crippen molar-refractivity contribution in [1.29, 1.82) is 0 Å². The Morgan fingerprint density at radius 2 is 2.00 bits per heavy atom. The Morgan fingerprint density at radius 1 is 1.19 bits per heavy atom. The van der Waals surface area contributed by atoms with E-state index in [0.717, 1.165) is 29.2 Å². The standard InChI is InChI=1S/C17H18O4/c1-19-15-9-13(8-14(18)11-15)3-2-12-4-5-16-17(10-12)21-7-6-20-16/h2-5,10-11,13H,6-9H2,1H3/b3-2+. The number of ether oxygens (including phenoxy) is 3. The van der Waals surface area contributed by atoms with Crippen molar-refractivity contribution in [2.45, 2.75) is 12.8 Å². The molecule has 2 aliphatic rings. The Morgan fingerprint density at radius 3 is 2.81 bits per heavy atom. The number of methoxy groups -OCH3 is 1. The van der Waals surface area contributed by atoms with Gasteiger partial charge in [0.2, 0.25) is 0 Å². The maximum absolute atomic E-state index is 11.6. The minimum atomic E-state index is 0.120. The van der Waals surface area contributed by atoms with Crippen molar-refractivity contribution >= 4 is 11.9 Å². The molecule has 3 rings (SSSR count). The molecule has 0 saturated carbocycles. The molecule has 1 aliphatic carbocycles. The molecular formula is C17H18O4. The van der Waals surface area contributed by atoms with Crippen molar-refractivity contribution in [2.75, 3.05) is 20.3 Å². The van der Waals surface area contributed by atoms with Gasteiger partial charge in [-0.05, 0) is 23.6 Å². The fourth-order valence-corrected chi connectivity index (χ4v) is 2.58. The van der Waals surface area contributed by atoms with E-state index in [4.69, 9.17) is 14.2 Å². The van der Waals surface area contributed by atoms with Gasteiger partial charge < -0.3 is 14.2 Å². The number of benzene rings is 1. The van der Waals surface area contributed by atoms with Gasteiger partial charge in [-0.25, -0.2) is 0 Å². The van der Waals surface area contributed by atoms with Crippen molar-refractivity contribution < 1.29 is 19.0 Å². The zero-order valence-corrected chi connectivity index (χ0v) is 12.0. The lowest BCUT2D eigenvalue weighted by atomic mass is 9.91. The number of fused-ring (bicyclic) bond motifs is 1. The molecule has 0 aromatic heterocycles. The molecule has 1 aliphatic heterocycles. The van der Waals surface area contributed by atoms with Crippen molar-refractivity contribution in [1.82, 2.24) is 0 Å². The number of ketones is 1. The summed E-state index contributed by atoms with van der Waals surface area (Å²) in [5, 5.41) is 0. The van der Waals surface area contributed by atoms with Gasteiger partial charge in [0.1, 0.15) is 13.2 Å². The third kappa shape index (κ3) is 3.27. The van der Waals surface area contributed by atoms with E-state index in [-0.39, 0.29) is 11.7 Å². The van der Waals surface area contributed by atoms with Crippen LogP contribution in [0, 0.1) is 5.92 Å². The molecule has 4 heteroatoms. The van der Waals surface area contributed by atoms with Crippen LogP contribution in [-0.2, 0) is 9.53 Å². The summed E-state index contributed by atoms with van der Waals surface area (Å²) < 4.78 is 16.3. The topological polar surface area (TPSA) is 44.8 Å². The highest BCUT2D eigenvalue weighted by molar-refractivity contribution is 5.91. The molecule has 1 heterocycles. The van der Waals surface area contributed by atoms with Crippen LogP contribution in [0.2, 0.25) is 0 Å². The Balaban J connectivity index is 1.71. The van der Waals surface area contributed by atoms with E-state index in [0.29, 0.717) is 19.6 Å². The van der Waals surface area contributed by atoms with Gasteiger partial charge >= 0.3 is 0 Å². The van der Waals surface area contributed by atoms with Gasteiger partial charge in [-0.3, -0.25) is 4.79 Å². The van der Waals surface area contributed by atoms with Gasteiger partial charge in [-0.15, -0.1) is 0 Å². The van der Waals surface area contributed by atoms with E-state index in [2.05, 4.69) is 6.08 Å². The second-order valence-corrected chi connectivity index (χ2v) is 5.21. The van der Waals surface area contributed by atoms with E-state index < -0.39 is 0 Å². The number of carbonyl (C=O) groups excluding carboxylic acids is 1. The first kappa shape index (κ1) is 13.7. The molecule has 4 nitrogen and oxygen atoms in total. The summed E-state index contributed by atoms with van der Waals surface area (Å²) in [5.41, 5.74) is 1.04. The maximum Gasteiger partial charge on any atom is 0.161 e. The van der Waals surface area contributed by atoms with Crippen LogP contribution in [0.3, 0.4) is 0 Å². The minimum Gasteiger partial charge on any atom is -0.501 e. The summed E-state index contributed by atoms with van der Waals surface area (Å²) in [6.07, 6.45) is 6.98. The zero-order valence-electron chi connectivity index (χ0n) is 12.0. The molecule has 0 N–H and O–H groups in total. The largest absolute Gasteiger partial charge is 0.501 e. The SMILES string of the molecule is COC1=CC(=O)CC(/C=C/c2ccc3c(c2)OCCO3)C1. The van der Waals surface area contributed by atoms with Gasteiger partial charge in [-0.2, -0.15) is 0 Å². The van der Waals surface area contributed by atoms with Crippen LogP contribution in [0.1, 0.15) is 18.4 Å². The predicted molar refractivity (Wildman–Crippen MR) is 79.3 cm³/mol. The maximum atomic E-state index is 11.6. The lowest BCUT2D eigenvalue weighted by Crippen LogP contribution is -2.15. The molecule has 0 radical (unpaired) electrons. The summed E-state index contributed by atoms with van der Waals surface area (Å²) in [6, 6.07) is 5.87. The van der Waals surface area contributed by atoms with Gasteiger partial charge in [-0.1, -0.05) is 18.2 Å². The monoisotopic (exact) mass is 286 g/mol. The van der Waals surface area contributed by atoms with Crippen LogP contribution in [0.25, 0.3) is 6.08 Å². The first-order chi connectivity index (χ1) is 10.2. The Kier molecular flexibility index (Phi) is 3.95. The first-order valence-electron chi connectivity index (χ1n) is 7.10. The number of allylic oxidation sites excluding steroid dienone is 3. The highest BCUT2D eigenvalue weighted by atomic mass is 16.6. The molecule has 0 bridgehead atoms. The average Bonchev–Trinajstić information content (AvgIpc) is 2.52. The molecule has 1 aromatic rings. The quantitative estimate of drug-likeness (QED) is 0.857. The highest BCUT2D eigenvalue weighted by Crippen LogP contribution is 2.31. The van der Waals surface area contributed by atoms with Gasteiger partial charge in [0.15, 0.2) is 17.3 Å². The number of rotatable bonds is 3. The average molecular weight is 286 g/mol. The number of hydrogen-bond donors (Lipinski definition) is 0. The Bertz CT molecular complexity index is 601. The summed E-state index contributed by atoms with van der Waals surface area (Å²) >= 11 is 0. The second-order valence-electron chi connectivity index (χ2n) is 5.21. The van der Waals surface area contributed by atoms with Crippen LogP contribution < -0.4 is 9.47 Å². The van der Waals surface area contributed by atoms with Crippen LogP contribution in [0.15, 0.2) is 36.1 Å². The van der Waals surface area contributed by atoms with E-state index in [9.17, 15) is 4.79 Å². The smallest absolute Gasteiger partial charge is 0.161 e. The summed E-state index contributed by atoms with van der Waals surface area (Å²) in [7, 11) is 1.60. The molecule has 0 amide bonds. The number of carbonyl (C=O) groups is 1. The second kappa shape index (κ2) is 6.04. The van der Waals surface area contributed by atoms with Crippen LogP contribution in [-0.4, -0.2) is 26.1 Å². The molecule has 1 unspecified atom stereocenters. The fraction of sp³-hybridized carbons (Fsp3) is 0.353. The molecule has 1 atom stereocenters. The van der Waals surface area contributed by atoms with Gasteiger partial charge in [0.05, 0.1) is 12.9 Å². The summed E-state index contributed by atoms with van der Waals surface area (Å²) in [4.78, 5) is 11.6. The van der Waals surface area contributed by atoms with Gasteiger partial charge in [0.25, 0.3) is 0 Å². The van der Waals surface area contributed by atoms with Crippen LogP contribution in [0.4, 0.5) is 0 Å². The van der Waals surface area contributed by atoms with E-state index in [1.807, 2.05) is 24.3 Å². The summed E-state index contributed by atoms with van der Waals surface area (Å²) in [5.74, 6) is 2.63. The first-order valence-corrected chi connectivity index (χ1v) is 7.10. The van der Waals surface area contributed by atoms with Crippen LogP contribution in [0.5, 0.6) is 11.5 Å². The molecular weight excluding hydrogens is 268 g/mol. The third-order valence-electron chi connectivity index (χ3n) is 3.64. The van der Waals surface area contributed by atoms with Crippen molar-refractivity contribution in [3.05, 3.63) is 41.7 Å². The van der Waals surface area contributed by atoms with E-state index in [1.165, 1.54) is 0 Å². The normalized spacial score (nSPS) is 21.3. The highest BCUT2D eigenvalue weighted by Gasteiger charge is 2.19. The van der Waals surface area contributed by atoms with E-state index in [1.54, 1.807) is 13.2 Å². The predicted octanol–water partition coefficient (Wildman–Crippen LogP) is 2.98.